The van der Waals surface area contributed by atoms with E-state index in [0.717, 1.165) is 36.4 Å². The maximum absolute atomic E-state index is 9.28. The molecule has 0 saturated carbocycles. The van der Waals surface area contributed by atoms with Crippen LogP contribution in [-0.4, -0.2) is 45.8 Å². The SMILES string of the molecule is CCC(c1nc2ccccc2n1CCN)N(CC)CCO. The maximum atomic E-state index is 9.28. The van der Waals surface area contributed by atoms with Crippen molar-refractivity contribution in [1.29, 1.82) is 0 Å². The Bertz CT molecular complexity index is 566. The van der Waals surface area contributed by atoms with Crippen molar-refractivity contribution in [2.24, 2.45) is 5.73 Å². The first-order valence-electron chi connectivity index (χ1n) is 7.76. The predicted molar refractivity (Wildman–Crippen MR) is 86.2 cm³/mol. The maximum Gasteiger partial charge on any atom is 0.127 e. The van der Waals surface area contributed by atoms with Crippen LogP contribution < -0.4 is 5.73 Å². The number of rotatable bonds is 8. The number of aliphatic hydroxyl groups is 1. The Hall–Kier alpha value is -1.43. The lowest BCUT2D eigenvalue weighted by atomic mass is 10.1. The summed E-state index contributed by atoms with van der Waals surface area (Å²) >= 11 is 0. The van der Waals surface area contributed by atoms with E-state index in [9.17, 15) is 5.11 Å². The van der Waals surface area contributed by atoms with E-state index in [-0.39, 0.29) is 12.6 Å². The largest absolute Gasteiger partial charge is 0.395 e. The van der Waals surface area contributed by atoms with E-state index in [1.165, 1.54) is 0 Å². The van der Waals surface area contributed by atoms with Crippen LogP contribution in [0, 0.1) is 0 Å². The van der Waals surface area contributed by atoms with Crippen LogP contribution in [-0.2, 0) is 6.54 Å². The fourth-order valence-corrected chi connectivity index (χ4v) is 2.98. The second-order valence-electron chi connectivity index (χ2n) is 5.18. The molecule has 0 aliphatic rings. The molecule has 1 aromatic heterocycles. The van der Waals surface area contributed by atoms with Crippen molar-refractivity contribution in [3.05, 3.63) is 30.1 Å². The summed E-state index contributed by atoms with van der Waals surface area (Å²) in [5, 5.41) is 9.28. The van der Waals surface area contributed by atoms with Crippen molar-refractivity contribution in [3.63, 3.8) is 0 Å². The predicted octanol–water partition coefficient (Wildman–Crippen LogP) is 1.76. The van der Waals surface area contributed by atoms with Gasteiger partial charge in [-0.25, -0.2) is 4.98 Å². The molecule has 1 heterocycles. The highest BCUT2D eigenvalue weighted by Gasteiger charge is 2.23. The average molecular weight is 290 g/mol. The van der Waals surface area contributed by atoms with Gasteiger partial charge < -0.3 is 15.4 Å². The Labute approximate surface area is 126 Å². The quantitative estimate of drug-likeness (QED) is 0.777. The highest BCUT2D eigenvalue weighted by atomic mass is 16.3. The van der Waals surface area contributed by atoms with Crippen LogP contribution in [0.4, 0.5) is 0 Å². The number of aromatic nitrogens is 2. The lowest BCUT2D eigenvalue weighted by molar-refractivity contribution is 0.146. The Balaban J connectivity index is 2.48. The Morgan fingerprint density at radius 1 is 1.33 bits per heavy atom. The molecule has 0 spiro atoms. The number of benzene rings is 1. The minimum atomic E-state index is 0.168. The number of nitrogens with zero attached hydrogens (tertiary/aromatic N) is 3. The molecule has 0 radical (unpaired) electrons. The van der Waals surface area contributed by atoms with Crippen LogP contribution >= 0.6 is 0 Å². The van der Waals surface area contributed by atoms with E-state index in [4.69, 9.17) is 10.7 Å². The summed E-state index contributed by atoms with van der Waals surface area (Å²) in [6, 6.07) is 8.39. The molecule has 2 rings (SSSR count). The molecular formula is C16H26N4O. The van der Waals surface area contributed by atoms with Crippen LogP contribution in [0.25, 0.3) is 11.0 Å². The van der Waals surface area contributed by atoms with Gasteiger partial charge in [-0.05, 0) is 25.1 Å². The molecule has 21 heavy (non-hydrogen) atoms. The van der Waals surface area contributed by atoms with E-state index in [1.54, 1.807) is 0 Å². The van der Waals surface area contributed by atoms with Gasteiger partial charge in [0.2, 0.25) is 0 Å². The number of imidazole rings is 1. The number of likely N-dealkylation sites (N-methyl/N-ethyl adjacent to an activating group) is 1. The van der Waals surface area contributed by atoms with Crippen molar-refractivity contribution >= 4 is 11.0 Å². The normalized spacial score (nSPS) is 13.2. The summed E-state index contributed by atoms with van der Waals surface area (Å²) in [6.07, 6.45) is 0.960. The van der Waals surface area contributed by atoms with Gasteiger partial charge in [0.1, 0.15) is 5.82 Å². The number of fused-ring (bicyclic) bond motifs is 1. The van der Waals surface area contributed by atoms with E-state index in [2.05, 4.69) is 29.4 Å². The molecular weight excluding hydrogens is 264 g/mol. The van der Waals surface area contributed by atoms with Crippen LogP contribution in [0.2, 0.25) is 0 Å². The van der Waals surface area contributed by atoms with Gasteiger partial charge in [-0.2, -0.15) is 0 Å². The lowest BCUT2D eigenvalue weighted by Gasteiger charge is -2.29. The van der Waals surface area contributed by atoms with Gasteiger partial charge in [0.25, 0.3) is 0 Å². The Morgan fingerprint density at radius 3 is 2.71 bits per heavy atom. The molecule has 0 aliphatic heterocycles. The molecule has 0 aliphatic carbocycles. The highest BCUT2D eigenvalue weighted by Crippen LogP contribution is 2.27. The number of nitrogens with two attached hydrogens (primary N) is 1. The molecule has 0 bridgehead atoms. The van der Waals surface area contributed by atoms with Crippen molar-refractivity contribution in [1.82, 2.24) is 14.5 Å². The van der Waals surface area contributed by atoms with E-state index < -0.39 is 0 Å². The fraction of sp³-hybridized carbons (Fsp3) is 0.562. The third-order valence-electron chi connectivity index (χ3n) is 3.96. The highest BCUT2D eigenvalue weighted by molar-refractivity contribution is 5.76. The van der Waals surface area contributed by atoms with Crippen molar-refractivity contribution in [3.8, 4) is 0 Å². The van der Waals surface area contributed by atoms with Crippen LogP contribution in [0.5, 0.6) is 0 Å². The van der Waals surface area contributed by atoms with E-state index in [0.29, 0.717) is 13.1 Å². The monoisotopic (exact) mass is 290 g/mol. The van der Waals surface area contributed by atoms with Crippen LogP contribution in [0.15, 0.2) is 24.3 Å². The van der Waals surface area contributed by atoms with E-state index in [1.807, 2.05) is 18.2 Å². The molecule has 0 saturated heterocycles. The first-order chi connectivity index (χ1) is 10.3. The molecule has 0 fully saturated rings. The number of aliphatic hydroxyl groups excluding tert-OH is 1. The number of hydrogen-bond acceptors (Lipinski definition) is 4. The van der Waals surface area contributed by atoms with Gasteiger partial charge in [-0.1, -0.05) is 26.0 Å². The minimum Gasteiger partial charge on any atom is -0.395 e. The van der Waals surface area contributed by atoms with Crippen molar-refractivity contribution < 1.29 is 5.11 Å². The zero-order valence-electron chi connectivity index (χ0n) is 13.0. The second kappa shape index (κ2) is 7.54. The molecule has 1 unspecified atom stereocenters. The molecule has 1 aromatic carbocycles. The van der Waals surface area contributed by atoms with Crippen LogP contribution in [0.1, 0.15) is 32.1 Å². The summed E-state index contributed by atoms with van der Waals surface area (Å²) in [7, 11) is 0. The standard InChI is InChI=1S/C16H26N4O/c1-3-14(19(4-2)11-12-21)16-18-13-7-5-6-8-15(13)20(16)10-9-17/h5-8,14,21H,3-4,9-12,17H2,1-2H3. The van der Waals surface area contributed by atoms with Gasteiger partial charge in [0.15, 0.2) is 0 Å². The van der Waals surface area contributed by atoms with Crippen LogP contribution in [0.3, 0.4) is 0 Å². The zero-order chi connectivity index (χ0) is 15.2. The zero-order valence-corrected chi connectivity index (χ0v) is 13.0. The first-order valence-corrected chi connectivity index (χ1v) is 7.76. The van der Waals surface area contributed by atoms with Gasteiger partial charge in [-0.3, -0.25) is 4.90 Å². The van der Waals surface area contributed by atoms with E-state index >= 15 is 0 Å². The second-order valence-corrected chi connectivity index (χ2v) is 5.18. The van der Waals surface area contributed by atoms with Gasteiger partial charge in [0.05, 0.1) is 23.7 Å². The smallest absolute Gasteiger partial charge is 0.127 e. The lowest BCUT2D eigenvalue weighted by Crippen LogP contribution is -2.33. The van der Waals surface area contributed by atoms with Crippen molar-refractivity contribution in [2.45, 2.75) is 32.9 Å². The van der Waals surface area contributed by atoms with Crippen molar-refractivity contribution in [2.75, 3.05) is 26.2 Å². The topological polar surface area (TPSA) is 67.3 Å². The van der Waals surface area contributed by atoms with Gasteiger partial charge in [0, 0.05) is 19.6 Å². The third-order valence-corrected chi connectivity index (χ3v) is 3.96. The summed E-state index contributed by atoms with van der Waals surface area (Å²) in [6.45, 7) is 7.37. The molecule has 2 aromatic rings. The number of hydrogen-bond donors (Lipinski definition) is 2. The fourth-order valence-electron chi connectivity index (χ4n) is 2.98. The summed E-state index contributed by atoms with van der Waals surface area (Å²) in [4.78, 5) is 7.11. The average Bonchev–Trinajstić information content (AvgIpc) is 2.86. The number of para-hydroxylation sites is 2. The summed E-state index contributed by atoms with van der Waals surface area (Å²) in [5.41, 5.74) is 7.94. The Morgan fingerprint density at radius 2 is 2.10 bits per heavy atom. The Kier molecular flexibility index (Phi) is 5.73. The third kappa shape index (κ3) is 3.26. The molecule has 0 amide bonds. The molecule has 116 valence electrons. The van der Waals surface area contributed by atoms with Gasteiger partial charge in [-0.15, -0.1) is 0 Å². The molecule has 1 atom stereocenters. The first kappa shape index (κ1) is 15.9. The molecule has 5 heteroatoms. The van der Waals surface area contributed by atoms with Gasteiger partial charge >= 0.3 is 0 Å². The summed E-state index contributed by atoms with van der Waals surface area (Å²) in [5.74, 6) is 1.06. The summed E-state index contributed by atoms with van der Waals surface area (Å²) < 4.78 is 2.23. The molecule has 5 nitrogen and oxygen atoms in total. The minimum absolute atomic E-state index is 0.168. The molecule has 3 N–H and O–H groups in total.